The Labute approximate surface area is 69.0 Å². The van der Waals surface area contributed by atoms with Gasteiger partial charge in [-0.1, -0.05) is 19.8 Å². The summed E-state index contributed by atoms with van der Waals surface area (Å²) < 4.78 is 0. The molecule has 0 bridgehead atoms. The van der Waals surface area contributed by atoms with Gasteiger partial charge >= 0.3 is 0 Å². The van der Waals surface area contributed by atoms with Gasteiger partial charge in [0.25, 0.3) is 0 Å². The SMILES string of the molecule is CCCC(O)C1CCCCN1. The van der Waals surface area contributed by atoms with Gasteiger partial charge in [-0.2, -0.15) is 0 Å². The van der Waals surface area contributed by atoms with E-state index in [1.54, 1.807) is 0 Å². The van der Waals surface area contributed by atoms with Gasteiger partial charge in [-0.15, -0.1) is 0 Å². The second kappa shape index (κ2) is 4.73. The van der Waals surface area contributed by atoms with Crippen molar-refractivity contribution in [2.45, 2.75) is 51.2 Å². The molecule has 0 aromatic rings. The summed E-state index contributed by atoms with van der Waals surface area (Å²) in [6.45, 7) is 3.21. The summed E-state index contributed by atoms with van der Waals surface area (Å²) in [7, 11) is 0. The molecular formula is C9H19NO. The molecule has 1 rings (SSSR count). The summed E-state index contributed by atoms with van der Waals surface area (Å²) in [5, 5.41) is 13.0. The Bertz CT molecular complexity index is 99.7. The number of nitrogens with one attached hydrogen (secondary N) is 1. The van der Waals surface area contributed by atoms with Crippen molar-refractivity contribution in [1.82, 2.24) is 5.32 Å². The Balaban J connectivity index is 2.21. The molecule has 2 N–H and O–H groups in total. The van der Waals surface area contributed by atoms with Crippen LogP contribution >= 0.6 is 0 Å². The average Bonchev–Trinajstić information content (AvgIpc) is 2.07. The summed E-state index contributed by atoms with van der Waals surface area (Å²) in [5.74, 6) is 0. The van der Waals surface area contributed by atoms with E-state index in [-0.39, 0.29) is 6.10 Å². The zero-order chi connectivity index (χ0) is 8.10. The maximum Gasteiger partial charge on any atom is 0.0693 e. The van der Waals surface area contributed by atoms with Crippen molar-refractivity contribution in [2.75, 3.05) is 6.54 Å². The van der Waals surface area contributed by atoms with E-state index in [0.29, 0.717) is 6.04 Å². The molecule has 2 nitrogen and oxygen atoms in total. The first-order valence-electron chi connectivity index (χ1n) is 4.76. The molecule has 1 aliphatic heterocycles. The molecule has 1 aliphatic rings. The minimum absolute atomic E-state index is 0.111. The molecule has 66 valence electrons. The third-order valence-corrected chi connectivity index (χ3v) is 2.40. The van der Waals surface area contributed by atoms with Crippen LogP contribution in [0.5, 0.6) is 0 Å². The highest BCUT2D eigenvalue weighted by Gasteiger charge is 2.19. The van der Waals surface area contributed by atoms with Crippen LogP contribution in [0, 0.1) is 0 Å². The van der Waals surface area contributed by atoms with Gasteiger partial charge in [-0.05, 0) is 25.8 Å². The van der Waals surface area contributed by atoms with Crippen molar-refractivity contribution in [3.05, 3.63) is 0 Å². The van der Waals surface area contributed by atoms with E-state index in [9.17, 15) is 5.11 Å². The summed E-state index contributed by atoms with van der Waals surface area (Å²) >= 11 is 0. The van der Waals surface area contributed by atoms with Crippen molar-refractivity contribution in [3.8, 4) is 0 Å². The molecule has 1 fully saturated rings. The molecule has 0 radical (unpaired) electrons. The number of aliphatic hydroxyl groups excluding tert-OH is 1. The third-order valence-electron chi connectivity index (χ3n) is 2.40. The maximum atomic E-state index is 9.61. The van der Waals surface area contributed by atoms with Crippen LogP contribution < -0.4 is 5.32 Å². The number of aliphatic hydroxyl groups is 1. The molecule has 0 amide bonds. The van der Waals surface area contributed by atoms with Crippen LogP contribution in [0.15, 0.2) is 0 Å². The first-order chi connectivity index (χ1) is 5.34. The van der Waals surface area contributed by atoms with Crippen LogP contribution in [-0.2, 0) is 0 Å². The fourth-order valence-corrected chi connectivity index (χ4v) is 1.70. The summed E-state index contributed by atoms with van der Waals surface area (Å²) in [6.07, 6.45) is 5.62. The highest BCUT2D eigenvalue weighted by molar-refractivity contribution is 4.78. The third kappa shape index (κ3) is 2.80. The van der Waals surface area contributed by atoms with Crippen molar-refractivity contribution in [1.29, 1.82) is 0 Å². The lowest BCUT2D eigenvalue weighted by atomic mass is 9.97. The lowest BCUT2D eigenvalue weighted by Crippen LogP contribution is -2.42. The summed E-state index contributed by atoms with van der Waals surface area (Å²) in [5.41, 5.74) is 0. The van der Waals surface area contributed by atoms with Gasteiger partial charge in [0.2, 0.25) is 0 Å². The monoisotopic (exact) mass is 157 g/mol. The second-order valence-corrected chi connectivity index (χ2v) is 3.41. The highest BCUT2D eigenvalue weighted by Crippen LogP contribution is 2.13. The van der Waals surface area contributed by atoms with Gasteiger partial charge in [-0.3, -0.25) is 0 Å². The Morgan fingerprint density at radius 2 is 2.36 bits per heavy atom. The minimum atomic E-state index is -0.111. The summed E-state index contributed by atoms with van der Waals surface area (Å²) in [6, 6.07) is 0.378. The van der Waals surface area contributed by atoms with E-state index >= 15 is 0 Å². The second-order valence-electron chi connectivity index (χ2n) is 3.41. The van der Waals surface area contributed by atoms with Gasteiger partial charge in [0.1, 0.15) is 0 Å². The van der Waals surface area contributed by atoms with E-state index in [1.807, 2.05) is 0 Å². The predicted octanol–water partition coefficient (Wildman–Crippen LogP) is 1.29. The van der Waals surface area contributed by atoms with Crippen molar-refractivity contribution < 1.29 is 5.11 Å². The first kappa shape index (κ1) is 9.01. The molecule has 1 heterocycles. The van der Waals surface area contributed by atoms with E-state index in [0.717, 1.165) is 25.8 Å². The normalized spacial score (nSPS) is 28.4. The Kier molecular flexibility index (Phi) is 3.87. The molecule has 0 aromatic carbocycles. The molecular weight excluding hydrogens is 138 g/mol. The van der Waals surface area contributed by atoms with Gasteiger partial charge in [0.05, 0.1) is 6.10 Å². The number of piperidine rings is 1. The van der Waals surface area contributed by atoms with E-state index in [4.69, 9.17) is 0 Å². The smallest absolute Gasteiger partial charge is 0.0693 e. The van der Waals surface area contributed by atoms with Crippen LogP contribution in [-0.4, -0.2) is 23.8 Å². The molecule has 2 atom stereocenters. The number of hydrogen-bond donors (Lipinski definition) is 2. The quantitative estimate of drug-likeness (QED) is 0.647. The van der Waals surface area contributed by atoms with E-state index in [1.165, 1.54) is 12.8 Å². The van der Waals surface area contributed by atoms with Crippen molar-refractivity contribution >= 4 is 0 Å². The van der Waals surface area contributed by atoms with Crippen LogP contribution in [0.3, 0.4) is 0 Å². The van der Waals surface area contributed by atoms with Crippen molar-refractivity contribution in [2.24, 2.45) is 0 Å². The Morgan fingerprint density at radius 1 is 1.55 bits per heavy atom. The Morgan fingerprint density at radius 3 is 2.91 bits per heavy atom. The van der Waals surface area contributed by atoms with Crippen molar-refractivity contribution in [3.63, 3.8) is 0 Å². The van der Waals surface area contributed by atoms with Crippen LogP contribution in [0.1, 0.15) is 39.0 Å². The topological polar surface area (TPSA) is 32.3 Å². The highest BCUT2D eigenvalue weighted by atomic mass is 16.3. The largest absolute Gasteiger partial charge is 0.392 e. The molecule has 0 saturated carbocycles. The number of hydrogen-bond acceptors (Lipinski definition) is 2. The average molecular weight is 157 g/mol. The van der Waals surface area contributed by atoms with E-state index in [2.05, 4.69) is 12.2 Å². The van der Waals surface area contributed by atoms with Crippen LogP contribution in [0.25, 0.3) is 0 Å². The first-order valence-corrected chi connectivity index (χ1v) is 4.76. The lowest BCUT2D eigenvalue weighted by molar-refractivity contribution is 0.104. The van der Waals surface area contributed by atoms with E-state index < -0.39 is 0 Å². The van der Waals surface area contributed by atoms with Gasteiger partial charge in [0.15, 0.2) is 0 Å². The maximum absolute atomic E-state index is 9.61. The zero-order valence-electron chi connectivity index (χ0n) is 7.34. The molecule has 1 saturated heterocycles. The molecule has 0 spiro atoms. The minimum Gasteiger partial charge on any atom is -0.392 e. The molecule has 2 heteroatoms. The van der Waals surface area contributed by atoms with Gasteiger partial charge in [0, 0.05) is 6.04 Å². The van der Waals surface area contributed by atoms with Crippen LogP contribution in [0.4, 0.5) is 0 Å². The molecule has 2 unspecified atom stereocenters. The zero-order valence-corrected chi connectivity index (χ0v) is 7.34. The van der Waals surface area contributed by atoms with Gasteiger partial charge in [-0.25, -0.2) is 0 Å². The summed E-state index contributed by atoms with van der Waals surface area (Å²) in [4.78, 5) is 0. The fourth-order valence-electron chi connectivity index (χ4n) is 1.70. The fraction of sp³-hybridized carbons (Fsp3) is 1.00. The lowest BCUT2D eigenvalue weighted by Gasteiger charge is -2.27. The molecule has 0 aromatic heterocycles. The molecule has 11 heavy (non-hydrogen) atoms. The van der Waals surface area contributed by atoms with Crippen LogP contribution in [0.2, 0.25) is 0 Å². The number of rotatable bonds is 3. The Hall–Kier alpha value is -0.0800. The van der Waals surface area contributed by atoms with Gasteiger partial charge < -0.3 is 10.4 Å². The standard InChI is InChI=1S/C9H19NO/c1-2-5-9(11)8-6-3-4-7-10-8/h8-11H,2-7H2,1H3. The predicted molar refractivity (Wildman–Crippen MR) is 46.6 cm³/mol. The molecule has 0 aliphatic carbocycles.